The van der Waals surface area contributed by atoms with E-state index in [4.69, 9.17) is 14.2 Å². The molecule has 8 nitrogen and oxygen atoms in total. The van der Waals surface area contributed by atoms with Crippen LogP contribution in [-0.2, 0) is 6.54 Å². The summed E-state index contributed by atoms with van der Waals surface area (Å²) < 4.78 is 31.2. The van der Waals surface area contributed by atoms with Gasteiger partial charge in [-0.15, -0.1) is 0 Å². The summed E-state index contributed by atoms with van der Waals surface area (Å²) in [6.45, 7) is 2.55. The van der Waals surface area contributed by atoms with Gasteiger partial charge in [-0.05, 0) is 48.7 Å². The molecular weight excluding hydrogens is 451 g/mol. The molecule has 1 fully saturated rings. The first-order chi connectivity index (χ1) is 16.9. The molecule has 1 saturated heterocycles. The molecule has 0 radical (unpaired) electrons. The predicted molar refractivity (Wildman–Crippen MR) is 131 cm³/mol. The van der Waals surface area contributed by atoms with Gasteiger partial charge in [0.05, 0.1) is 27.0 Å². The zero-order valence-electron chi connectivity index (χ0n) is 20.5. The molecule has 2 aromatic carbocycles. The summed E-state index contributed by atoms with van der Waals surface area (Å²) in [4.78, 5) is 21.5. The Kier molecular flexibility index (Phi) is 7.55. The number of hydrogen-bond donors (Lipinski definition) is 0. The molecule has 4 rings (SSSR count). The fourth-order valence-electron chi connectivity index (χ4n) is 4.42. The number of amides is 1. The molecule has 0 N–H and O–H groups in total. The lowest BCUT2D eigenvalue weighted by Crippen LogP contribution is -2.46. The van der Waals surface area contributed by atoms with Gasteiger partial charge in [-0.25, -0.2) is 14.2 Å². The lowest BCUT2D eigenvalue weighted by Gasteiger charge is -2.36. The number of nitrogens with zero attached hydrogens (tertiary/aromatic N) is 4. The van der Waals surface area contributed by atoms with Gasteiger partial charge in [-0.1, -0.05) is 0 Å². The van der Waals surface area contributed by atoms with Gasteiger partial charge in [-0.2, -0.15) is 0 Å². The number of methoxy groups -OCH3 is 3. The van der Waals surface area contributed by atoms with Crippen LogP contribution in [0, 0.1) is 5.82 Å². The van der Waals surface area contributed by atoms with Crippen LogP contribution in [0.4, 0.5) is 9.18 Å². The fourth-order valence-corrected chi connectivity index (χ4v) is 4.42. The van der Waals surface area contributed by atoms with Crippen molar-refractivity contribution in [3.8, 4) is 28.5 Å². The standard InChI is InChI=1S/C26H31FN4O4/c1-29(26(32)31-16-24(28-17-31)19-5-6-25(35-4)23(27)13-19)20-7-9-30(10-8-20)15-18-11-21(33-2)14-22(12-18)34-3/h5-6,11-14,16-17,20H,7-10,15H2,1-4H3. The van der Waals surface area contributed by atoms with Crippen LogP contribution < -0.4 is 14.2 Å². The van der Waals surface area contributed by atoms with Gasteiger partial charge in [0.15, 0.2) is 11.6 Å². The number of benzene rings is 2. The van der Waals surface area contributed by atoms with Crippen molar-refractivity contribution in [1.82, 2.24) is 19.4 Å². The molecule has 0 spiro atoms. The highest BCUT2D eigenvalue weighted by atomic mass is 19.1. The van der Waals surface area contributed by atoms with Crippen LogP contribution in [-0.4, -0.2) is 72.9 Å². The molecule has 0 atom stereocenters. The van der Waals surface area contributed by atoms with E-state index >= 15 is 0 Å². The zero-order valence-corrected chi connectivity index (χ0v) is 20.5. The molecule has 35 heavy (non-hydrogen) atoms. The third kappa shape index (κ3) is 5.57. The van der Waals surface area contributed by atoms with Gasteiger partial charge < -0.3 is 19.1 Å². The normalized spacial score (nSPS) is 14.5. The number of likely N-dealkylation sites (tertiary alicyclic amines) is 1. The Hall–Kier alpha value is -3.59. The largest absolute Gasteiger partial charge is 0.497 e. The highest BCUT2D eigenvalue weighted by Crippen LogP contribution is 2.26. The Morgan fingerprint density at radius 1 is 1.06 bits per heavy atom. The molecule has 3 aromatic rings. The van der Waals surface area contributed by atoms with Crippen molar-refractivity contribution in [2.24, 2.45) is 0 Å². The maximum Gasteiger partial charge on any atom is 0.329 e. The predicted octanol–water partition coefficient (Wildman–Crippen LogP) is 4.28. The number of halogens is 1. The van der Waals surface area contributed by atoms with Crippen molar-refractivity contribution in [3.05, 3.63) is 60.3 Å². The van der Waals surface area contributed by atoms with E-state index in [1.54, 1.807) is 37.4 Å². The van der Waals surface area contributed by atoms with E-state index in [0.29, 0.717) is 11.3 Å². The quantitative estimate of drug-likeness (QED) is 0.501. The van der Waals surface area contributed by atoms with Gasteiger partial charge in [0, 0.05) is 50.6 Å². The first-order valence-corrected chi connectivity index (χ1v) is 11.5. The summed E-state index contributed by atoms with van der Waals surface area (Å²) in [7, 11) is 6.54. The Bertz CT molecular complexity index is 1150. The average Bonchev–Trinajstić information content (AvgIpc) is 3.38. The number of ether oxygens (including phenoxy) is 3. The molecule has 1 aliphatic heterocycles. The molecule has 2 heterocycles. The maximum absolute atomic E-state index is 14.1. The second-order valence-corrected chi connectivity index (χ2v) is 8.64. The van der Waals surface area contributed by atoms with E-state index in [9.17, 15) is 9.18 Å². The number of aromatic nitrogens is 2. The minimum atomic E-state index is -0.470. The van der Waals surface area contributed by atoms with Crippen molar-refractivity contribution >= 4 is 6.03 Å². The van der Waals surface area contributed by atoms with E-state index in [2.05, 4.69) is 9.88 Å². The van der Waals surface area contributed by atoms with Gasteiger partial charge in [0.2, 0.25) is 0 Å². The van der Waals surface area contributed by atoms with Crippen LogP contribution in [0.2, 0.25) is 0 Å². The van der Waals surface area contributed by atoms with Crippen LogP contribution in [0.5, 0.6) is 17.2 Å². The van der Waals surface area contributed by atoms with Crippen molar-refractivity contribution in [3.63, 3.8) is 0 Å². The van der Waals surface area contributed by atoms with Crippen LogP contribution in [0.25, 0.3) is 11.3 Å². The molecule has 1 aromatic heterocycles. The molecule has 0 saturated carbocycles. The Balaban J connectivity index is 1.35. The number of rotatable bonds is 7. The molecule has 1 amide bonds. The molecule has 0 aliphatic carbocycles. The summed E-state index contributed by atoms with van der Waals surface area (Å²) in [5.41, 5.74) is 2.24. The van der Waals surface area contributed by atoms with Gasteiger partial charge >= 0.3 is 6.03 Å². The van der Waals surface area contributed by atoms with Crippen molar-refractivity contribution in [2.45, 2.75) is 25.4 Å². The van der Waals surface area contributed by atoms with Gasteiger partial charge in [-0.3, -0.25) is 9.47 Å². The monoisotopic (exact) mass is 482 g/mol. The zero-order chi connectivity index (χ0) is 24.9. The minimum Gasteiger partial charge on any atom is -0.497 e. The van der Waals surface area contributed by atoms with E-state index in [1.165, 1.54) is 24.1 Å². The van der Waals surface area contributed by atoms with Crippen LogP contribution in [0.1, 0.15) is 18.4 Å². The summed E-state index contributed by atoms with van der Waals surface area (Å²) >= 11 is 0. The molecule has 0 unspecified atom stereocenters. The van der Waals surface area contributed by atoms with E-state index < -0.39 is 5.82 Å². The van der Waals surface area contributed by atoms with Crippen LogP contribution in [0.3, 0.4) is 0 Å². The Labute approximate surface area is 204 Å². The second kappa shape index (κ2) is 10.8. The Morgan fingerprint density at radius 2 is 1.74 bits per heavy atom. The van der Waals surface area contributed by atoms with Crippen LogP contribution >= 0.6 is 0 Å². The molecule has 9 heteroatoms. The van der Waals surface area contributed by atoms with Gasteiger partial charge in [0.25, 0.3) is 0 Å². The number of imidazole rings is 1. The highest BCUT2D eigenvalue weighted by Gasteiger charge is 2.26. The molecular formula is C26H31FN4O4. The van der Waals surface area contributed by atoms with Gasteiger partial charge in [0.1, 0.15) is 17.8 Å². The van der Waals surface area contributed by atoms with Crippen molar-refractivity contribution in [1.29, 1.82) is 0 Å². The van der Waals surface area contributed by atoms with E-state index in [-0.39, 0.29) is 17.8 Å². The molecule has 186 valence electrons. The van der Waals surface area contributed by atoms with E-state index in [1.807, 2.05) is 25.2 Å². The molecule has 0 bridgehead atoms. The molecule has 1 aliphatic rings. The topological polar surface area (TPSA) is 69.1 Å². The van der Waals surface area contributed by atoms with E-state index in [0.717, 1.165) is 49.5 Å². The summed E-state index contributed by atoms with van der Waals surface area (Å²) in [5.74, 6) is 1.25. The third-order valence-corrected chi connectivity index (χ3v) is 6.47. The SMILES string of the molecule is COc1cc(CN2CCC(N(C)C(=O)n3cnc(-c4ccc(OC)c(F)c4)c3)CC2)cc(OC)c1. The van der Waals surface area contributed by atoms with Crippen molar-refractivity contribution in [2.75, 3.05) is 41.5 Å². The number of piperidine rings is 1. The minimum absolute atomic E-state index is 0.128. The highest BCUT2D eigenvalue weighted by molar-refractivity contribution is 5.78. The lowest BCUT2D eigenvalue weighted by atomic mass is 10.0. The number of carbonyl (C=O) groups is 1. The number of carbonyl (C=O) groups excluding carboxylic acids is 1. The average molecular weight is 483 g/mol. The van der Waals surface area contributed by atoms with Crippen molar-refractivity contribution < 1.29 is 23.4 Å². The summed E-state index contributed by atoms with van der Waals surface area (Å²) in [6, 6.07) is 10.5. The summed E-state index contributed by atoms with van der Waals surface area (Å²) in [5, 5.41) is 0. The first-order valence-electron chi connectivity index (χ1n) is 11.5. The lowest BCUT2D eigenvalue weighted by molar-refractivity contribution is 0.131. The second-order valence-electron chi connectivity index (χ2n) is 8.64. The summed E-state index contributed by atoms with van der Waals surface area (Å²) in [6.07, 6.45) is 4.84. The first kappa shape index (κ1) is 24.5. The Morgan fingerprint density at radius 3 is 2.34 bits per heavy atom. The van der Waals surface area contributed by atoms with Crippen LogP contribution in [0.15, 0.2) is 48.9 Å². The maximum atomic E-state index is 14.1. The number of hydrogen-bond acceptors (Lipinski definition) is 6. The third-order valence-electron chi connectivity index (χ3n) is 6.47. The fraction of sp³-hybridized carbons (Fsp3) is 0.385. The smallest absolute Gasteiger partial charge is 0.329 e.